The zero-order valence-electron chi connectivity index (χ0n) is 12.6. The Labute approximate surface area is 134 Å². The monoisotopic (exact) mass is 312 g/mol. The van der Waals surface area contributed by atoms with Crippen molar-refractivity contribution in [3.05, 3.63) is 42.0 Å². The van der Waals surface area contributed by atoms with Gasteiger partial charge in [-0.15, -0.1) is 11.8 Å². The molecular formula is C18H20N2OS. The fourth-order valence-corrected chi connectivity index (χ4v) is 4.43. The molecule has 2 aliphatic heterocycles. The number of rotatable bonds is 3. The normalized spacial score (nSPS) is 26.5. The zero-order chi connectivity index (χ0) is 15.1. The summed E-state index contributed by atoms with van der Waals surface area (Å²) < 4.78 is 0. The Morgan fingerprint density at radius 2 is 2.18 bits per heavy atom. The summed E-state index contributed by atoms with van der Waals surface area (Å²) in [6.07, 6.45) is 5.59. The third kappa shape index (κ3) is 2.40. The summed E-state index contributed by atoms with van der Waals surface area (Å²) in [7, 11) is 0. The number of carbonyl (C=O) groups is 1. The molecule has 3 nitrogen and oxygen atoms in total. The zero-order valence-corrected chi connectivity index (χ0v) is 13.5. The molecule has 4 rings (SSSR count). The van der Waals surface area contributed by atoms with Crippen LogP contribution < -0.4 is 10.6 Å². The molecule has 22 heavy (non-hydrogen) atoms. The number of hydrogen-bond acceptors (Lipinski definition) is 3. The molecule has 2 bridgehead atoms. The molecule has 114 valence electrons. The number of benzene rings is 2. The van der Waals surface area contributed by atoms with Crippen molar-refractivity contribution in [2.24, 2.45) is 0 Å². The molecule has 1 amide bonds. The summed E-state index contributed by atoms with van der Waals surface area (Å²) in [6.45, 7) is 0. The van der Waals surface area contributed by atoms with E-state index in [4.69, 9.17) is 0 Å². The van der Waals surface area contributed by atoms with Crippen LogP contribution in [0.3, 0.4) is 0 Å². The molecule has 0 aliphatic carbocycles. The fraction of sp³-hybridized carbons (Fsp3) is 0.389. The minimum atomic E-state index is 0.0517. The van der Waals surface area contributed by atoms with Gasteiger partial charge in [0.25, 0.3) is 5.91 Å². The van der Waals surface area contributed by atoms with Crippen LogP contribution in [0.4, 0.5) is 0 Å². The first-order valence-corrected chi connectivity index (χ1v) is 9.11. The van der Waals surface area contributed by atoms with Crippen LogP contribution in [0, 0.1) is 0 Å². The van der Waals surface area contributed by atoms with E-state index in [0.29, 0.717) is 18.1 Å². The molecular weight excluding hydrogens is 292 g/mol. The summed E-state index contributed by atoms with van der Waals surface area (Å²) >= 11 is 1.74. The van der Waals surface area contributed by atoms with Crippen molar-refractivity contribution >= 4 is 28.4 Å². The van der Waals surface area contributed by atoms with Crippen molar-refractivity contribution in [2.45, 2.75) is 42.3 Å². The largest absolute Gasteiger partial charge is 0.348 e. The third-order valence-corrected chi connectivity index (χ3v) is 5.73. The maximum atomic E-state index is 12.5. The molecule has 2 N–H and O–H groups in total. The minimum Gasteiger partial charge on any atom is -0.348 e. The second kappa shape index (κ2) is 5.60. The van der Waals surface area contributed by atoms with Gasteiger partial charge in [-0.25, -0.2) is 0 Å². The number of carbonyl (C=O) groups excluding carboxylic acids is 1. The van der Waals surface area contributed by atoms with Crippen molar-refractivity contribution in [1.82, 2.24) is 10.6 Å². The lowest BCUT2D eigenvalue weighted by atomic mass is 9.95. The highest BCUT2D eigenvalue weighted by molar-refractivity contribution is 7.98. The van der Waals surface area contributed by atoms with Gasteiger partial charge in [0.1, 0.15) is 0 Å². The van der Waals surface area contributed by atoms with E-state index >= 15 is 0 Å². The Morgan fingerprint density at radius 1 is 1.27 bits per heavy atom. The van der Waals surface area contributed by atoms with Crippen molar-refractivity contribution in [1.29, 1.82) is 0 Å². The second-order valence-corrected chi connectivity index (χ2v) is 7.11. The predicted octanol–water partition coefficient (Wildman–Crippen LogP) is 3.18. The second-order valence-electron chi connectivity index (χ2n) is 6.26. The van der Waals surface area contributed by atoms with Gasteiger partial charge < -0.3 is 10.6 Å². The van der Waals surface area contributed by atoms with Crippen molar-refractivity contribution in [2.75, 3.05) is 6.26 Å². The molecule has 3 atom stereocenters. The summed E-state index contributed by atoms with van der Waals surface area (Å²) in [5.41, 5.74) is 0.758. The highest BCUT2D eigenvalue weighted by Crippen LogP contribution is 2.29. The minimum absolute atomic E-state index is 0.0517. The Balaban J connectivity index is 1.57. The molecule has 0 spiro atoms. The van der Waals surface area contributed by atoms with Gasteiger partial charge in [0.05, 0.1) is 0 Å². The van der Waals surface area contributed by atoms with E-state index in [1.54, 1.807) is 11.8 Å². The third-order valence-electron chi connectivity index (χ3n) is 4.94. The maximum Gasteiger partial charge on any atom is 0.251 e. The standard InChI is InChI=1S/C18H20N2OS/c1-22-17-4-2-3-11-9-12(5-7-14(11)17)18(21)20-16-10-13-6-8-15(16)19-13/h2-5,7,9,13,15-16,19H,6,8,10H2,1H3,(H,20,21). The van der Waals surface area contributed by atoms with Crippen molar-refractivity contribution < 1.29 is 4.79 Å². The number of hydrogen-bond donors (Lipinski definition) is 2. The van der Waals surface area contributed by atoms with Gasteiger partial charge in [-0.05, 0) is 54.5 Å². The molecule has 2 aromatic rings. The molecule has 2 aromatic carbocycles. The SMILES string of the molecule is CSc1cccc2cc(C(=O)NC3CC4CCC3N4)ccc12. The Bertz CT molecular complexity index is 730. The summed E-state index contributed by atoms with van der Waals surface area (Å²) in [5.74, 6) is 0.0517. The van der Waals surface area contributed by atoms with Crippen LogP contribution in [0.25, 0.3) is 10.8 Å². The Morgan fingerprint density at radius 3 is 2.91 bits per heavy atom. The Kier molecular flexibility index (Phi) is 3.59. The van der Waals surface area contributed by atoms with Gasteiger partial charge in [-0.2, -0.15) is 0 Å². The maximum absolute atomic E-state index is 12.5. The van der Waals surface area contributed by atoms with Gasteiger partial charge >= 0.3 is 0 Å². The van der Waals surface area contributed by atoms with Crippen LogP contribution in [-0.4, -0.2) is 30.3 Å². The average molecular weight is 312 g/mol. The van der Waals surface area contributed by atoms with E-state index in [1.165, 1.54) is 23.1 Å². The molecule has 0 saturated carbocycles. The summed E-state index contributed by atoms with van der Waals surface area (Å²) in [5, 5.41) is 9.12. The van der Waals surface area contributed by atoms with Gasteiger partial charge in [0.15, 0.2) is 0 Å². The smallest absolute Gasteiger partial charge is 0.251 e. The fourth-order valence-electron chi connectivity index (χ4n) is 3.81. The van der Waals surface area contributed by atoms with Crippen molar-refractivity contribution in [3.8, 4) is 0 Å². The summed E-state index contributed by atoms with van der Waals surface area (Å²) in [4.78, 5) is 13.8. The first kappa shape index (κ1) is 14.1. The highest BCUT2D eigenvalue weighted by Gasteiger charge is 2.39. The van der Waals surface area contributed by atoms with Crippen molar-refractivity contribution in [3.63, 3.8) is 0 Å². The quantitative estimate of drug-likeness (QED) is 0.855. The lowest BCUT2D eigenvalue weighted by Crippen LogP contribution is -2.42. The number of amides is 1. The van der Waals surface area contributed by atoms with Gasteiger partial charge in [0.2, 0.25) is 0 Å². The van der Waals surface area contributed by atoms with E-state index in [-0.39, 0.29) is 5.91 Å². The van der Waals surface area contributed by atoms with Crippen LogP contribution in [0.1, 0.15) is 29.6 Å². The average Bonchev–Trinajstić information content (AvgIpc) is 3.16. The Hall–Kier alpha value is -1.52. The van der Waals surface area contributed by atoms with E-state index in [1.807, 2.05) is 12.1 Å². The summed E-state index contributed by atoms with van der Waals surface area (Å²) in [6, 6.07) is 13.6. The van der Waals surface area contributed by atoms with E-state index in [9.17, 15) is 4.79 Å². The first-order valence-electron chi connectivity index (χ1n) is 7.88. The van der Waals surface area contributed by atoms with Crippen LogP contribution in [0.5, 0.6) is 0 Å². The highest BCUT2D eigenvalue weighted by atomic mass is 32.2. The van der Waals surface area contributed by atoms with Gasteiger partial charge in [-0.3, -0.25) is 4.79 Å². The molecule has 0 aromatic heterocycles. The lowest BCUT2D eigenvalue weighted by molar-refractivity contribution is 0.0931. The van der Waals surface area contributed by atoms with Crippen LogP contribution in [0.15, 0.2) is 41.3 Å². The topological polar surface area (TPSA) is 41.1 Å². The number of fused-ring (bicyclic) bond motifs is 3. The molecule has 0 radical (unpaired) electrons. The number of nitrogens with one attached hydrogen (secondary N) is 2. The predicted molar refractivity (Wildman–Crippen MR) is 91.5 cm³/mol. The van der Waals surface area contributed by atoms with E-state index in [2.05, 4.69) is 41.2 Å². The van der Waals surface area contributed by atoms with Crippen LogP contribution in [-0.2, 0) is 0 Å². The molecule has 2 aliphatic rings. The van der Waals surface area contributed by atoms with E-state index < -0.39 is 0 Å². The van der Waals surface area contributed by atoms with Gasteiger partial charge in [-0.1, -0.05) is 18.2 Å². The lowest BCUT2D eigenvalue weighted by Gasteiger charge is -2.21. The molecule has 3 unspecified atom stereocenters. The van der Waals surface area contributed by atoms with E-state index in [0.717, 1.165) is 17.4 Å². The first-order chi connectivity index (χ1) is 10.7. The molecule has 2 fully saturated rings. The molecule has 4 heteroatoms. The molecule has 2 heterocycles. The number of thioether (sulfide) groups is 1. The molecule has 2 saturated heterocycles. The van der Waals surface area contributed by atoms with Crippen LogP contribution in [0.2, 0.25) is 0 Å². The van der Waals surface area contributed by atoms with Crippen LogP contribution >= 0.6 is 11.8 Å². The van der Waals surface area contributed by atoms with Gasteiger partial charge in [0, 0.05) is 28.6 Å².